The molecule has 220 valence electrons. The molecule has 0 aliphatic heterocycles. The number of rotatable bonds is 7. The molecular formula is C37H37NO5. The molecule has 43 heavy (non-hydrogen) atoms. The lowest BCUT2D eigenvalue weighted by molar-refractivity contribution is -0.152. The number of carbonyl (C=O) groups excluding carboxylic acids is 2. The normalized spacial score (nSPS) is 12.3. The van der Waals surface area contributed by atoms with Gasteiger partial charge in [0.25, 0.3) is 0 Å². The number of para-hydroxylation sites is 2. The summed E-state index contributed by atoms with van der Waals surface area (Å²) in [5, 5.41) is 20.9. The number of phenols is 1. The average Bonchev–Trinajstić information content (AvgIpc) is 2.96. The van der Waals surface area contributed by atoms with Gasteiger partial charge in [0.1, 0.15) is 17.2 Å². The summed E-state index contributed by atoms with van der Waals surface area (Å²) in [6, 6.07) is 29.7. The van der Waals surface area contributed by atoms with Gasteiger partial charge in [-0.25, -0.2) is 0 Å². The van der Waals surface area contributed by atoms with Gasteiger partial charge in [-0.15, -0.1) is 0 Å². The van der Waals surface area contributed by atoms with E-state index in [9.17, 15) is 20.0 Å². The molecule has 1 atom stereocenters. The highest BCUT2D eigenvalue weighted by Gasteiger charge is 2.42. The molecule has 1 N–H and O–H groups in total. The maximum absolute atomic E-state index is 14.1. The summed E-state index contributed by atoms with van der Waals surface area (Å²) >= 11 is 0. The Bertz CT molecular complexity index is 1530. The van der Waals surface area contributed by atoms with Gasteiger partial charge in [0.05, 0.1) is 11.6 Å². The smallest absolute Gasteiger partial charge is 0.326 e. The van der Waals surface area contributed by atoms with Crippen LogP contribution in [0, 0.1) is 17.2 Å². The van der Waals surface area contributed by atoms with Gasteiger partial charge in [0.2, 0.25) is 0 Å². The van der Waals surface area contributed by atoms with E-state index in [-0.39, 0.29) is 5.75 Å². The van der Waals surface area contributed by atoms with E-state index in [0.717, 1.165) is 0 Å². The third-order valence-electron chi connectivity index (χ3n) is 7.27. The fourth-order valence-electron chi connectivity index (χ4n) is 5.03. The summed E-state index contributed by atoms with van der Waals surface area (Å²) in [7, 11) is 0. The Morgan fingerprint density at radius 3 is 1.47 bits per heavy atom. The largest absolute Gasteiger partial charge is 0.507 e. The second kappa shape index (κ2) is 12.5. The van der Waals surface area contributed by atoms with Crippen molar-refractivity contribution in [2.75, 3.05) is 0 Å². The molecule has 0 unspecified atom stereocenters. The molecule has 6 heteroatoms. The van der Waals surface area contributed by atoms with E-state index in [1.165, 1.54) is 0 Å². The minimum atomic E-state index is -1.43. The van der Waals surface area contributed by atoms with E-state index >= 15 is 0 Å². The highest BCUT2D eigenvalue weighted by Crippen LogP contribution is 2.44. The van der Waals surface area contributed by atoms with Crippen molar-refractivity contribution in [2.45, 2.75) is 58.3 Å². The zero-order valence-electron chi connectivity index (χ0n) is 25.4. The van der Waals surface area contributed by atoms with Crippen LogP contribution in [0.1, 0.15) is 75.3 Å². The predicted molar refractivity (Wildman–Crippen MR) is 166 cm³/mol. The number of carbonyl (C=O) groups is 2. The van der Waals surface area contributed by atoms with Gasteiger partial charge in [0.15, 0.2) is 5.92 Å². The van der Waals surface area contributed by atoms with E-state index in [1.54, 1.807) is 84.9 Å². The van der Waals surface area contributed by atoms with Crippen LogP contribution < -0.4 is 9.47 Å². The number of aromatic hydroxyl groups is 1. The lowest BCUT2D eigenvalue weighted by Crippen LogP contribution is -2.37. The molecule has 0 amide bonds. The molecule has 0 heterocycles. The lowest BCUT2D eigenvalue weighted by atomic mass is 9.73. The number of hydrogen-bond acceptors (Lipinski definition) is 6. The van der Waals surface area contributed by atoms with Crippen LogP contribution in [0.25, 0.3) is 0 Å². The number of phenolic OH excluding ortho intramolecular Hbond substituents is 1. The highest BCUT2D eigenvalue weighted by atomic mass is 16.6. The van der Waals surface area contributed by atoms with Crippen molar-refractivity contribution in [3.8, 4) is 23.3 Å². The van der Waals surface area contributed by atoms with Crippen molar-refractivity contribution < 1.29 is 24.2 Å². The number of nitrogens with zero attached hydrogens (tertiary/aromatic N) is 1. The molecular weight excluding hydrogens is 538 g/mol. The minimum absolute atomic E-state index is 0.178. The molecule has 0 spiro atoms. The van der Waals surface area contributed by atoms with Crippen LogP contribution in [-0.4, -0.2) is 17.0 Å². The fraction of sp³-hybridized carbons (Fsp3) is 0.270. The molecule has 4 aromatic rings. The Morgan fingerprint density at radius 2 is 1.09 bits per heavy atom. The maximum atomic E-state index is 14.1. The molecule has 4 rings (SSSR count). The van der Waals surface area contributed by atoms with Gasteiger partial charge in [0, 0.05) is 5.92 Å². The predicted octanol–water partition coefficient (Wildman–Crippen LogP) is 7.82. The number of esters is 2. The molecule has 0 saturated heterocycles. The summed E-state index contributed by atoms with van der Waals surface area (Å²) in [4.78, 5) is 28.1. The second-order valence-electron chi connectivity index (χ2n) is 12.6. The van der Waals surface area contributed by atoms with Gasteiger partial charge in [-0.3, -0.25) is 9.59 Å². The van der Waals surface area contributed by atoms with Crippen molar-refractivity contribution in [3.63, 3.8) is 0 Å². The van der Waals surface area contributed by atoms with E-state index < -0.39 is 34.6 Å². The van der Waals surface area contributed by atoms with Crippen LogP contribution in [0.3, 0.4) is 0 Å². The first-order chi connectivity index (χ1) is 20.3. The number of hydrogen-bond donors (Lipinski definition) is 1. The summed E-state index contributed by atoms with van der Waals surface area (Å²) in [6.45, 7) is 12.0. The van der Waals surface area contributed by atoms with Crippen LogP contribution >= 0.6 is 0 Å². The van der Waals surface area contributed by atoms with E-state index in [0.29, 0.717) is 39.3 Å². The Morgan fingerprint density at radius 1 is 0.674 bits per heavy atom. The van der Waals surface area contributed by atoms with Crippen molar-refractivity contribution in [1.82, 2.24) is 0 Å². The second-order valence-corrected chi connectivity index (χ2v) is 12.6. The summed E-state index contributed by atoms with van der Waals surface area (Å²) in [6.07, 6.45) is 0. The molecule has 0 saturated carbocycles. The third kappa shape index (κ3) is 7.31. The molecule has 0 aliphatic rings. The molecule has 0 bridgehead atoms. The average molecular weight is 576 g/mol. The molecule has 0 radical (unpaired) electrons. The van der Waals surface area contributed by atoms with Crippen LogP contribution in [0.5, 0.6) is 17.2 Å². The zero-order valence-corrected chi connectivity index (χ0v) is 25.4. The summed E-state index contributed by atoms with van der Waals surface area (Å²) in [5.74, 6) is -3.12. The summed E-state index contributed by atoms with van der Waals surface area (Å²) in [5.41, 5.74) is 2.14. The van der Waals surface area contributed by atoms with Crippen LogP contribution in [-0.2, 0) is 20.4 Å². The quantitative estimate of drug-likeness (QED) is 0.137. The van der Waals surface area contributed by atoms with Crippen molar-refractivity contribution in [3.05, 3.63) is 125 Å². The highest BCUT2D eigenvalue weighted by molar-refractivity contribution is 5.98. The third-order valence-corrected chi connectivity index (χ3v) is 7.27. The Balaban J connectivity index is 1.99. The molecule has 6 nitrogen and oxygen atoms in total. The molecule has 4 aromatic carbocycles. The van der Waals surface area contributed by atoms with Gasteiger partial charge in [-0.2, -0.15) is 5.26 Å². The molecule has 0 aliphatic carbocycles. The minimum Gasteiger partial charge on any atom is -0.507 e. The fourth-order valence-corrected chi connectivity index (χ4v) is 5.03. The lowest BCUT2D eigenvalue weighted by Gasteiger charge is -2.31. The standard InChI is InChI=1S/C37H37NO5/c1-36(2,3)29-21-26(22-30(33(29)39)37(4,5)6)31(25-19-17-24(23-38)18-20-25)32(34(40)42-27-13-9-7-10-14-27)35(41)43-28-15-11-8-12-16-28/h7-22,31-32,39H,1-6H3/t31-/m1/s1. The van der Waals surface area contributed by atoms with E-state index in [2.05, 4.69) is 6.07 Å². The molecule has 0 fully saturated rings. The van der Waals surface area contributed by atoms with E-state index in [4.69, 9.17) is 9.47 Å². The first-order valence-electron chi connectivity index (χ1n) is 14.2. The SMILES string of the molecule is CC(C)(C)c1cc([C@@H](c2ccc(C#N)cc2)C(C(=O)Oc2ccccc2)C(=O)Oc2ccccc2)cc(C(C)(C)C)c1O. The number of nitriles is 1. The van der Waals surface area contributed by atoms with E-state index in [1.807, 2.05) is 53.7 Å². The van der Waals surface area contributed by atoms with Gasteiger partial charge < -0.3 is 14.6 Å². The zero-order chi connectivity index (χ0) is 31.4. The monoisotopic (exact) mass is 575 g/mol. The van der Waals surface area contributed by atoms with Crippen LogP contribution in [0.4, 0.5) is 0 Å². The Kier molecular flexibility index (Phi) is 9.06. The van der Waals surface area contributed by atoms with Crippen molar-refractivity contribution in [2.24, 2.45) is 5.92 Å². The maximum Gasteiger partial charge on any atom is 0.326 e. The number of ether oxygens (including phenoxy) is 2. The van der Waals surface area contributed by atoms with Gasteiger partial charge >= 0.3 is 11.9 Å². The first kappa shape index (κ1) is 31.1. The Labute approximate surface area is 253 Å². The Hall–Kier alpha value is -4.89. The molecule has 0 aromatic heterocycles. The van der Waals surface area contributed by atoms with Gasteiger partial charge in [-0.1, -0.05) is 102 Å². The van der Waals surface area contributed by atoms with Crippen molar-refractivity contribution >= 4 is 11.9 Å². The number of benzene rings is 4. The van der Waals surface area contributed by atoms with Crippen LogP contribution in [0.15, 0.2) is 97.1 Å². The van der Waals surface area contributed by atoms with Gasteiger partial charge in [-0.05, 0) is 69.5 Å². The first-order valence-corrected chi connectivity index (χ1v) is 14.2. The topological polar surface area (TPSA) is 96.6 Å². The van der Waals surface area contributed by atoms with Crippen molar-refractivity contribution in [1.29, 1.82) is 5.26 Å². The van der Waals surface area contributed by atoms with Crippen LogP contribution in [0.2, 0.25) is 0 Å². The summed E-state index contributed by atoms with van der Waals surface area (Å²) < 4.78 is 11.6.